The second-order valence-electron chi connectivity index (χ2n) is 7.96. The second kappa shape index (κ2) is 10.7. The zero-order valence-corrected chi connectivity index (χ0v) is 17.0. The van der Waals surface area contributed by atoms with Crippen molar-refractivity contribution in [1.29, 1.82) is 0 Å². The van der Waals surface area contributed by atoms with Crippen molar-refractivity contribution in [2.24, 2.45) is 5.92 Å². The van der Waals surface area contributed by atoms with Crippen LogP contribution in [0.15, 0.2) is 30.3 Å². The summed E-state index contributed by atoms with van der Waals surface area (Å²) in [5, 5.41) is 15.8. The fourth-order valence-corrected chi connectivity index (χ4v) is 4.04. The predicted octanol–water partition coefficient (Wildman–Crippen LogP) is 1.71. The van der Waals surface area contributed by atoms with Crippen molar-refractivity contribution in [2.75, 3.05) is 19.8 Å². The number of hydrogen-bond donors (Lipinski definition) is 3. The van der Waals surface area contributed by atoms with Crippen molar-refractivity contribution in [3.8, 4) is 0 Å². The fraction of sp³-hybridized carbons (Fsp3) is 0.636. The number of ether oxygens (including phenoxy) is 2. The van der Waals surface area contributed by atoms with Gasteiger partial charge in [0, 0.05) is 19.1 Å². The highest BCUT2D eigenvalue weighted by molar-refractivity contribution is 5.79. The number of hydrogen-bond acceptors (Lipinski definition) is 5. The van der Waals surface area contributed by atoms with Crippen LogP contribution in [0.5, 0.6) is 0 Å². The third-order valence-corrected chi connectivity index (χ3v) is 5.81. The Hall–Kier alpha value is -1.96. The minimum absolute atomic E-state index is 0.00762. The van der Waals surface area contributed by atoms with Crippen LogP contribution in [0, 0.1) is 5.92 Å². The van der Waals surface area contributed by atoms with Gasteiger partial charge in [0.2, 0.25) is 11.8 Å². The van der Waals surface area contributed by atoms with Crippen LogP contribution in [-0.2, 0) is 19.1 Å². The Morgan fingerprint density at radius 2 is 1.86 bits per heavy atom. The van der Waals surface area contributed by atoms with E-state index in [0.717, 1.165) is 18.4 Å². The molecule has 7 heteroatoms. The van der Waals surface area contributed by atoms with E-state index in [0.29, 0.717) is 26.1 Å². The van der Waals surface area contributed by atoms with Gasteiger partial charge in [-0.25, -0.2) is 0 Å². The average Bonchev–Trinajstić information content (AvgIpc) is 2.75. The van der Waals surface area contributed by atoms with Crippen LogP contribution in [0.3, 0.4) is 0 Å². The van der Waals surface area contributed by atoms with Gasteiger partial charge in [-0.05, 0) is 38.2 Å². The summed E-state index contributed by atoms with van der Waals surface area (Å²) < 4.78 is 11.3. The van der Waals surface area contributed by atoms with Gasteiger partial charge in [-0.1, -0.05) is 30.3 Å². The van der Waals surface area contributed by atoms with Crippen LogP contribution in [0.25, 0.3) is 0 Å². The molecule has 0 aliphatic carbocycles. The topological polar surface area (TPSA) is 96.9 Å². The number of amides is 2. The zero-order valence-electron chi connectivity index (χ0n) is 17.0. The lowest BCUT2D eigenvalue weighted by Gasteiger charge is -2.37. The number of rotatable bonds is 7. The third kappa shape index (κ3) is 6.26. The number of nitrogens with one attached hydrogen (secondary N) is 2. The molecule has 1 aromatic rings. The summed E-state index contributed by atoms with van der Waals surface area (Å²) in [7, 11) is 0. The van der Waals surface area contributed by atoms with Crippen LogP contribution in [0.1, 0.15) is 50.6 Å². The first-order valence-corrected chi connectivity index (χ1v) is 10.6. The Morgan fingerprint density at radius 3 is 2.55 bits per heavy atom. The molecule has 1 aromatic carbocycles. The van der Waals surface area contributed by atoms with Gasteiger partial charge in [-0.15, -0.1) is 0 Å². The Labute approximate surface area is 172 Å². The summed E-state index contributed by atoms with van der Waals surface area (Å²) in [5.41, 5.74) is 1.05. The van der Waals surface area contributed by atoms with Crippen molar-refractivity contribution >= 4 is 11.8 Å². The van der Waals surface area contributed by atoms with Crippen LogP contribution >= 0.6 is 0 Å². The molecule has 3 N–H and O–H groups in total. The van der Waals surface area contributed by atoms with E-state index >= 15 is 0 Å². The summed E-state index contributed by atoms with van der Waals surface area (Å²) in [6.07, 6.45) is 2.31. The van der Waals surface area contributed by atoms with Gasteiger partial charge in [0.25, 0.3) is 0 Å². The molecule has 0 spiro atoms. The number of benzene rings is 1. The lowest BCUT2D eigenvalue weighted by atomic mass is 9.94. The first-order valence-electron chi connectivity index (χ1n) is 10.6. The SMILES string of the molecule is C[C@H](NC(=O)C[C@H]1CC[C@@H](NC(=O)C2CCOCC2)[C@H](CO)O1)c1ccccc1. The normalized spacial score (nSPS) is 26.5. The molecule has 7 nitrogen and oxygen atoms in total. The molecule has 0 bridgehead atoms. The van der Waals surface area contributed by atoms with E-state index < -0.39 is 6.10 Å². The van der Waals surface area contributed by atoms with Gasteiger partial charge in [0.05, 0.1) is 31.2 Å². The summed E-state index contributed by atoms with van der Waals surface area (Å²) in [5.74, 6) is -0.105. The molecule has 0 saturated carbocycles. The number of carbonyl (C=O) groups excluding carboxylic acids is 2. The van der Waals surface area contributed by atoms with Gasteiger partial charge in [0.15, 0.2) is 0 Å². The molecule has 2 heterocycles. The number of carbonyl (C=O) groups is 2. The first-order chi connectivity index (χ1) is 14.1. The molecule has 2 saturated heterocycles. The summed E-state index contributed by atoms with van der Waals surface area (Å²) >= 11 is 0. The minimum atomic E-state index is -0.489. The Morgan fingerprint density at radius 1 is 1.14 bits per heavy atom. The van der Waals surface area contributed by atoms with Gasteiger partial charge >= 0.3 is 0 Å². The van der Waals surface area contributed by atoms with E-state index in [1.165, 1.54) is 0 Å². The lowest BCUT2D eigenvalue weighted by Crippen LogP contribution is -2.53. The van der Waals surface area contributed by atoms with Gasteiger partial charge in [-0.3, -0.25) is 9.59 Å². The Bertz CT molecular complexity index is 662. The number of aliphatic hydroxyl groups excluding tert-OH is 1. The van der Waals surface area contributed by atoms with Crippen LogP contribution in [0.4, 0.5) is 0 Å². The number of aliphatic hydroxyl groups is 1. The Kier molecular flexibility index (Phi) is 8.03. The van der Waals surface area contributed by atoms with Crippen LogP contribution in [0.2, 0.25) is 0 Å². The molecular formula is C22H32N2O5. The summed E-state index contributed by atoms with van der Waals surface area (Å²) in [6, 6.07) is 9.50. The Balaban J connectivity index is 1.46. The molecule has 2 amide bonds. The molecule has 0 radical (unpaired) electrons. The molecule has 2 aliphatic rings. The van der Waals surface area contributed by atoms with Gasteiger partial charge < -0.3 is 25.2 Å². The molecule has 0 aromatic heterocycles. The van der Waals surface area contributed by atoms with Crippen molar-refractivity contribution in [3.05, 3.63) is 35.9 Å². The van der Waals surface area contributed by atoms with E-state index in [2.05, 4.69) is 10.6 Å². The van der Waals surface area contributed by atoms with E-state index in [-0.39, 0.29) is 48.9 Å². The monoisotopic (exact) mass is 404 g/mol. The molecule has 4 atom stereocenters. The zero-order chi connectivity index (χ0) is 20.6. The highest BCUT2D eigenvalue weighted by Crippen LogP contribution is 2.24. The van der Waals surface area contributed by atoms with Crippen molar-refractivity contribution in [1.82, 2.24) is 10.6 Å². The van der Waals surface area contributed by atoms with E-state index in [1.807, 2.05) is 37.3 Å². The molecule has 2 fully saturated rings. The molecule has 3 rings (SSSR count). The molecular weight excluding hydrogens is 372 g/mol. The second-order valence-corrected chi connectivity index (χ2v) is 7.96. The maximum atomic E-state index is 12.5. The van der Waals surface area contributed by atoms with E-state index in [4.69, 9.17) is 9.47 Å². The largest absolute Gasteiger partial charge is 0.394 e. The maximum Gasteiger partial charge on any atom is 0.223 e. The molecule has 29 heavy (non-hydrogen) atoms. The van der Waals surface area contributed by atoms with Crippen molar-refractivity contribution < 1.29 is 24.2 Å². The van der Waals surface area contributed by atoms with Crippen LogP contribution in [-0.4, -0.2) is 55.0 Å². The minimum Gasteiger partial charge on any atom is -0.394 e. The van der Waals surface area contributed by atoms with E-state index in [9.17, 15) is 14.7 Å². The molecule has 2 aliphatic heterocycles. The van der Waals surface area contributed by atoms with Gasteiger partial charge in [0.1, 0.15) is 6.10 Å². The van der Waals surface area contributed by atoms with E-state index in [1.54, 1.807) is 0 Å². The fourth-order valence-electron chi connectivity index (χ4n) is 4.04. The average molecular weight is 405 g/mol. The first kappa shape index (κ1) is 21.7. The lowest BCUT2D eigenvalue weighted by molar-refractivity contribution is -0.139. The quantitative estimate of drug-likeness (QED) is 0.643. The predicted molar refractivity (Wildman–Crippen MR) is 108 cm³/mol. The molecule has 0 unspecified atom stereocenters. The maximum absolute atomic E-state index is 12.5. The summed E-state index contributed by atoms with van der Waals surface area (Å²) in [6.45, 7) is 2.99. The molecule has 160 valence electrons. The van der Waals surface area contributed by atoms with Crippen molar-refractivity contribution in [2.45, 2.75) is 63.3 Å². The highest BCUT2D eigenvalue weighted by Gasteiger charge is 2.34. The van der Waals surface area contributed by atoms with Crippen molar-refractivity contribution in [3.63, 3.8) is 0 Å². The third-order valence-electron chi connectivity index (χ3n) is 5.81. The smallest absolute Gasteiger partial charge is 0.223 e. The highest BCUT2D eigenvalue weighted by atomic mass is 16.5. The summed E-state index contributed by atoms with van der Waals surface area (Å²) in [4.78, 5) is 24.9. The van der Waals surface area contributed by atoms with Gasteiger partial charge in [-0.2, -0.15) is 0 Å². The van der Waals surface area contributed by atoms with Crippen LogP contribution < -0.4 is 10.6 Å². The standard InChI is InChI=1S/C22H32N2O5/c1-15(16-5-3-2-4-6-16)23-21(26)13-18-7-8-19(20(14-25)29-18)24-22(27)17-9-11-28-12-10-17/h2-6,15,17-20,25H,7-14H2,1H3,(H,23,26)(H,24,27)/t15-,18+,19+,20-/m0/s1.